The van der Waals surface area contributed by atoms with Crippen LogP contribution in [0, 0.1) is 0 Å². The Labute approximate surface area is 91.9 Å². The van der Waals surface area contributed by atoms with Crippen LogP contribution < -0.4 is 10.6 Å². The molecule has 0 radical (unpaired) electrons. The molecule has 0 fully saturated rings. The smallest absolute Gasteiger partial charge is 0.221 e. The maximum atomic E-state index is 10.9. The summed E-state index contributed by atoms with van der Waals surface area (Å²) in [5.74, 6) is -1.33. The molecule has 0 heterocycles. The summed E-state index contributed by atoms with van der Waals surface area (Å²) in [5, 5.41) is 23.6. The van der Waals surface area contributed by atoms with Gasteiger partial charge in [-0.25, -0.2) is 0 Å². The van der Waals surface area contributed by atoms with Crippen LogP contribution in [0.15, 0.2) is 12.1 Å². The van der Waals surface area contributed by atoms with E-state index in [1.165, 1.54) is 26.0 Å². The van der Waals surface area contributed by atoms with Gasteiger partial charge in [0.1, 0.15) is 22.9 Å². The number of carbonyl (C=O) groups excluding carboxylic acids is 2. The number of aromatic hydroxyl groups is 2. The molecule has 0 aliphatic heterocycles. The number of amides is 2. The Bertz CT molecular complexity index is 402. The molecule has 0 spiro atoms. The first kappa shape index (κ1) is 11.8. The summed E-state index contributed by atoms with van der Waals surface area (Å²) in [5.41, 5.74) is -0.0506. The highest BCUT2D eigenvalue weighted by Crippen LogP contribution is 2.38. The monoisotopic (exact) mass is 224 g/mol. The molecule has 6 heteroatoms. The zero-order chi connectivity index (χ0) is 12.3. The normalized spacial score (nSPS) is 9.62. The van der Waals surface area contributed by atoms with E-state index in [-0.39, 0.29) is 22.9 Å². The van der Waals surface area contributed by atoms with Gasteiger partial charge in [0.05, 0.1) is 0 Å². The molecule has 1 aromatic carbocycles. The minimum Gasteiger partial charge on any atom is -0.506 e. The lowest BCUT2D eigenvalue weighted by atomic mass is 10.2. The number of carbonyl (C=O) groups is 2. The Morgan fingerprint density at radius 3 is 1.50 bits per heavy atom. The lowest BCUT2D eigenvalue weighted by Crippen LogP contribution is -2.12. The third-order valence-corrected chi connectivity index (χ3v) is 1.76. The molecule has 1 rings (SSSR count). The molecule has 86 valence electrons. The third kappa shape index (κ3) is 2.63. The van der Waals surface area contributed by atoms with Crippen LogP contribution >= 0.6 is 0 Å². The molecule has 6 nitrogen and oxygen atoms in total. The maximum absolute atomic E-state index is 10.9. The van der Waals surface area contributed by atoms with Crippen molar-refractivity contribution in [3.63, 3.8) is 0 Å². The van der Waals surface area contributed by atoms with E-state index in [1.54, 1.807) is 0 Å². The number of anilines is 2. The molecule has 0 atom stereocenters. The highest BCUT2D eigenvalue weighted by atomic mass is 16.3. The van der Waals surface area contributed by atoms with Crippen molar-refractivity contribution in [3.8, 4) is 11.5 Å². The number of hydrogen-bond acceptors (Lipinski definition) is 4. The van der Waals surface area contributed by atoms with Gasteiger partial charge in [-0.3, -0.25) is 9.59 Å². The Kier molecular flexibility index (Phi) is 3.34. The minimum atomic E-state index is -0.424. The molecule has 2 amide bonds. The molecule has 4 N–H and O–H groups in total. The number of phenolic OH excluding ortho intramolecular Hbond substituents is 2. The number of rotatable bonds is 2. The summed E-state index contributed by atoms with van der Waals surface area (Å²) in [6.07, 6.45) is 0. The summed E-state index contributed by atoms with van der Waals surface area (Å²) < 4.78 is 0. The van der Waals surface area contributed by atoms with E-state index < -0.39 is 11.8 Å². The first-order valence-corrected chi connectivity index (χ1v) is 4.52. The molecule has 16 heavy (non-hydrogen) atoms. The van der Waals surface area contributed by atoms with Gasteiger partial charge in [-0.05, 0) is 12.1 Å². The molecular weight excluding hydrogens is 212 g/mol. The fourth-order valence-corrected chi connectivity index (χ4v) is 1.19. The first-order chi connectivity index (χ1) is 7.41. The molecule has 0 saturated heterocycles. The van der Waals surface area contributed by atoms with Crippen molar-refractivity contribution in [2.24, 2.45) is 0 Å². The van der Waals surface area contributed by atoms with Crippen LogP contribution in [0.3, 0.4) is 0 Å². The van der Waals surface area contributed by atoms with Crippen LogP contribution in [-0.4, -0.2) is 22.0 Å². The van der Waals surface area contributed by atoms with Crippen LogP contribution in [0.25, 0.3) is 0 Å². The average molecular weight is 224 g/mol. The molecule has 1 aromatic rings. The van der Waals surface area contributed by atoms with Gasteiger partial charge in [-0.15, -0.1) is 0 Å². The van der Waals surface area contributed by atoms with E-state index in [4.69, 9.17) is 0 Å². The SMILES string of the molecule is CC(=O)Nc1c(O)ccc(O)c1NC(C)=O. The van der Waals surface area contributed by atoms with E-state index in [9.17, 15) is 19.8 Å². The van der Waals surface area contributed by atoms with Crippen molar-refractivity contribution in [3.05, 3.63) is 12.1 Å². The Hall–Kier alpha value is -2.24. The molecule has 0 aliphatic rings. The highest BCUT2D eigenvalue weighted by Gasteiger charge is 2.14. The maximum Gasteiger partial charge on any atom is 0.221 e. The largest absolute Gasteiger partial charge is 0.506 e. The Morgan fingerprint density at radius 2 is 1.25 bits per heavy atom. The van der Waals surface area contributed by atoms with Gasteiger partial charge >= 0.3 is 0 Å². The van der Waals surface area contributed by atoms with Crippen molar-refractivity contribution < 1.29 is 19.8 Å². The lowest BCUT2D eigenvalue weighted by molar-refractivity contribution is -0.115. The fourth-order valence-electron chi connectivity index (χ4n) is 1.19. The first-order valence-electron chi connectivity index (χ1n) is 4.52. The predicted molar refractivity (Wildman–Crippen MR) is 58.4 cm³/mol. The predicted octanol–water partition coefficient (Wildman–Crippen LogP) is 1.01. The quantitative estimate of drug-likeness (QED) is 0.445. The van der Waals surface area contributed by atoms with Crippen molar-refractivity contribution in [2.75, 3.05) is 10.6 Å². The van der Waals surface area contributed by atoms with Crippen LogP contribution in [-0.2, 0) is 9.59 Å². The number of benzene rings is 1. The Morgan fingerprint density at radius 1 is 0.938 bits per heavy atom. The fraction of sp³-hybridized carbons (Fsp3) is 0.200. The van der Waals surface area contributed by atoms with Crippen LogP contribution in [0.2, 0.25) is 0 Å². The van der Waals surface area contributed by atoms with Crippen LogP contribution in [0.5, 0.6) is 11.5 Å². The second-order valence-electron chi connectivity index (χ2n) is 3.22. The van der Waals surface area contributed by atoms with E-state index in [2.05, 4.69) is 10.6 Å². The molecule has 0 bridgehead atoms. The summed E-state index contributed by atoms with van der Waals surface area (Å²) in [6, 6.07) is 2.43. The van der Waals surface area contributed by atoms with Crippen molar-refractivity contribution in [1.82, 2.24) is 0 Å². The molecular formula is C10H12N2O4. The molecule has 0 unspecified atom stereocenters. The standard InChI is InChI=1S/C10H12N2O4/c1-5(13)11-9-7(15)3-4-8(16)10(9)12-6(2)14/h3-4,15-16H,1-2H3,(H,11,13)(H,12,14). The van der Waals surface area contributed by atoms with Gasteiger partial charge < -0.3 is 20.8 Å². The van der Waals surface area contributed by atoms with Gasteiger partial charge in [0.15, 0.2) is 0 Å². The van der Waals surface area contributed by atoms with E-state index >= 15 is 0 Å². The van der Waals surface area contributed by atoms with Gasteiger partial charge in [0, 0.05) is 13.8 Å². The number of hydrogen-bond donors (Lipinski definition) is 4. The van der Waals surface area contributed by atoms with E-state index in [1.807, 2.05) is 0 Å². The second kappa shape index (κ2) is 4.52. The van der Waals surface area contributed by atoms with Crippen molar-refractivity contribution in [2.45, 2.75) is 13.8 Å². The van der Waals surface area contributed by atoms with Crippen LogP contribution in [0.4, 0.5) is 11.4 Å². The highest BCUT2D eigenvalue weighted by molar-refractivity contribution is 6.01. The lowest BCUT2D eigenvalue weighted by Gasteiger charge is -2.13. The minimum absolute atomic E-state index is 0.0253. The summed E-state index contributed by atoms with van der Waals surface area (Å²) in [6.45, 7) is 2.50. The van der Waals surface area contributed by atoms with Crippen molar-refractivity contribution in [1.29, 1.82) is 0 Å². The van der Waals surface area contributed by atoms with Gasteiger partial charge in [0.2, 0.25) is 11.8 Å². The molecule has 0 aromatic heterocycles. The van der Waals surface area contributed by atoms with Gasteiger partial charge in [-0.1, -0.05) is 0 Å². The molecule has 0 aliphatic carbocycles. The zero-order valence-corrected chi connectivity index (χ0v) is 8.87. The third-order valence-electron chi connectivity index (χ3n) is 1.76. The van der Waals surface area contributed by atoms with E-state index in [0.717, 1.165) is 0 Å². The average Bonchev–Trinajstić information content (AvgIpc) is 2.16. The number of nitrogens with one attached hydrogen (secondary N) is 2. The summed E-state index contributed by atoms with van der Waals surface area (Å²) in [7, 11) is 0. The van der Waals surface area contributed by atoms with Crippen LogP contribution in [0.1, 0.15) is 13.8 Å². The number of phenols is 2. The topological polar surface area (TPSA) is 98.7 Å². The zero-order valence-electron chi connectivity index (χ0n) is 8.87. The summed E-state index contributed by atoms with van der Waals surface area (Å²) >= 11 is 0. The van der Waals surface area contributed by atoms with Crippen molar-refractivity contribution >= 4 is 23.2 Å². The second-order valence-corrected chi connectivity index (χ2v) is 3.22. The Balaban J connectivity index is 3.24. The van der Waals surface area contributed by atoms with E-state index in [0.29, 0.717) is 0 Å². The summed E-state index contributed by atoms with van der Waals surface area (Å²) in [4.78, 5) is 21.8. The van der Waals surface area contributed by atoms with Gasteiger partial charge in [0.25, 0.3) is 0 Å². The van der Waals surface area contributed by atoms with Gasteiger partial charge in [-0.2, -0.15) is 0 Å². The molecule has 0 saturated carbocycles.